The third-order valence-electron chi connectivity index (χ3n) is 6.36. The van der Waals surface area contributed by atoms with E-state index in [9.17, 15) is 13.2 Å². The number of sulfonamides is 1. The van der Waals surface area contributed by atoms with Crippen LogP contribution >= 0.6 is 11.3 Å². The van der Waals surface area contributed by atoms with Gasteiger partial charge < -0.3 is 5.32 Å². The first-order valence-electron chi connectivity index (χ1n) is 13.0. The molecule has 4 rings (SSSR count). The van der Waals surface area contributed by atoms with Gasteiger partial charge in [0.1, 0.15) is 5.52 Å². The largest absolute Gasteiger partial charge is 0.305 e. The lowest BCUT2D eigenvalue weighted by Crippen LogP contribution is -2.15. The molecular weight excluding hydrogens is 559 g/mol. The molecule has 7 nitrogen and oxygen atoms in total. The minimum absolute atomic E-state index is 0.123. The number of amides is 1. The average Bonchev–Trinajstić information content (AvgIpc) is 3.63. The van der Waals surface area contributed by atoms with Gasteiger partial charge in [-0.25, -0.2) is 12.8 Å². The Labute approximate surface area is 244 Å². The molecule has 2 heterocycles. The first-order valence-corrected chi connectivity index (χ1v) is 15.6. The van der Waals surface area contributed by atoms with Crippen LogP contribution in [0.1, 0.15) is 44.0 Å². The fourth-order valence-corrected chi connectivity index (χ4v) is 5.38. The van der Waals surface area contributed by atoms with Crippen LogP contribution in [0.2, 0.25) is 0 Å². The monoisotopic (exact) mass is 594 g/mol. The van der Waals surface area contributed by atoms with Crippen molar-refractivity contribution >= 4 is 49.7 Å². The Morgan fingerprint density at radius 2 is 1.93 bits per heavy atom. The van der Waals surface area contributed by atoms with Crippen molar-refractivity contribution in [1.29, 1.82) is 0 Å². The summed E-state index contributed by atoms with van der Waals surface area (Å²) in [5.41, 5.74) is 3.22. The zero-order chi connectivity index (χ0) is 30.0. The number of benzene rings is 2. The van der Waals surface area contributed by atoms with Gasteiger partial charge in [0.25, 0.3) is 5.91 Å². The van der Waals surface area contributed by atoms with Gasteiger partial charge in [0.15, 0.2) is 11.6 Å². The first kappa shape index (κ1) is 31.5. The number of H-pyrrole nitrogens is 1. The lowest BCUT2D eigenvalue weighted by Gasteiger charge is -2.09. The molecule has 1 atom stereocenters. The van der Waals surface area contributed by atoms with Gasteiger partial charge in [-0.2, -0.15) is 16.4 Å². The number of halogens is 1. The van der Waals surface area contributed by atoms with E-state index >= 15 is 4.39 Å². The Morgan fingerprint density at radius 3 is 2.54 bits per heavy atom. The maximum absolute atomic E-state index is 15.2. The number of anilines is 2. The number of nitrogens with zero attached hydrogens (tertiary/aromatic N) is 1. The zero-order valence-corrected chi connectivity index (χ0v) is 25.0. The van der Waals surface area contributed by atoms with Gasteiger partial charge >= 0.3 is 0 Å². The molecule has 0 saturated heterocycles. The highest BCUT2D eigenvalue weighted by Crippen LogP contribution is 2.32. The van der Waals surface area contributed by atoms with Crippen molar-refractivity contribution in [2.45, 2.75) is 33.6 Å². The summed E-state index contributed by atoms with van der Waals surface area (Å²) >= 11 is 1.40. The second-order valence-corrected chi connectivity index (χ2v) is 12.1. The lowest BCUT2D eigenvalue weighted by atomic mass is 9.99. The number of aromatic amines is 1. The van der Waals surface area contributed by atoms with Crippen molar-refractivity contribution in [2.75, 3.05) is 15.8 Å². The summed E-state index contributed by atoms with van der Waals surface area (Å²) in [7, 11) is -3.49. The third-order valence-corrected chi connectivity index (χ3v) is 8.22. The molecule has 0 aliphatic heterocycles. The van der Waals surface area contributed by atoms with E-state index in [0.29, 0.717) is 33.7 Å². The second-order valence-electron chi connectivity index (χ2n) is 9.53. The molecule has 4 aromatic rings. The molecule has 0 bridgehead atoms. The summed E-state index contributed by atoms with van der Waals surface area (Å²) in [4.78, 5) is 12.3. The lowest BCUT2D eigenvalue weighted by molar-refractivity contribution is 0.102. The van der Waals surface area contributed by atoms with Crippen LogP contribution < -0.4 is 10.0 Å². The Balaban J connectivity index is 0.000000445. The molecule has 0 fully saturated rings. The smallest absolute Gasteiger partial charge is 0.257 e. The summed E-state index contributed by atoms with van der Waals surface area (Å²) in [6.45, 7) is 13.6. The highest BCUT2D eigenvalue weighted by atomic mass is 32.2. The fourth-order valence-electron chi connectivity index (χ4n) is 3.72. The molecule has 0 spiro atoms. The molecule has 0 aliphatic carbocycles. The predicted octanol–water partition coefficient (Wildman–Crippen LogP) is 8.17. The summed E-state index contributed by atoms with van der Waals surface area (Å²) in [5, 5.41) is 13.3. The van der Waals surface area contributed by atoms with Crippen molar-refractivity contribution in [3.05, 3.63) is 102 Å². The van der Waals surface area contributed by atoms with Crippen LogP contribution in [0.3, 0.4) is 0 Å². The van der Waals surface area contributed by atoms with Gasteiger partial charge in [-0.1, -0.05) is 55.5 Å². The minimum atomic E-state index is -3.49. The summed E-state index contributed by atoms with van der Waals surface area (Å²) < 4.78 is 41.7. The van der Waals surface area contributed by atoms with Crippen LogP contribution in [0, 0.1) is 11.7 Å². The molecule has 3 N–H and O–H groups in total. The molecule has 1 amide bonds. The van der Waals surface area contributed by atoms with Gasteiger partial charge in [-0.3, -0.25) is 14.6 Å². The molecule has 0 saturated carbocycles. The number of hydrogen-bond acceptors (Lipinski definition) is 5. The molecule has 2 aromatic carbocycles. The van der Waals surface area contributed by atoms with Crippen LogP contribution in [0.4, 0.5) is 15.9 Å². The number of carbonyl (C=O) groups is 1. The third kappa shape index (κ3) is 8.73. The summed E-state index contributed by atoms with van der Waals surface area (Å²) in [6.07, 6.45) is 7.46. The number of carbonyl (C=O) groups excluding carboxylic acids is 1. The van der Waals surface area contributed by atoms with Crippen molar-refractivity contribution in [2.24, 2.45) is 5.92 Å². The highest BCUT2D eigenvalue weighted by Gasteiger charge is 2.17. The second kappa shape index (κ2) is 14.6. The molecule has 216 valence electrons. The number of allylic oxidation sites excluding steroid dienone is 3. The molecular formula is C31H35FN4O3S2. The van der Waals surface area contributed by atoms with E-state index < -0.39 is 15.8 Å². The minimum Gasteiger partial charge on any atom is -0.305 e. The maximum atomic E-state index is 15.2. The molecule has 10 heteroatoms. The van der Waals surface area contributed by atoms with E-state index in [1.54, 1.807) is 72.3 Å². The number of aromatic nitrogens is 2. The Hall–Kier alpha value is -4.02. The van der Waals surface area contributed by atoms with E-state index in [2.05, 4.69) is 47.2 Å². The van der Waals surface area contributed by atoms with E-state index in [0.717, 1.165) is 6.42 Å². The normalized spacial score (nSPS) is 12.0. The number of fused-ring (bicyclic) bond motifs is 1. The Kier molecular flexibility index (Phi) is 11.2. The summed E-state index contributed by atoms with van der Waals surface area (Å²) in [5.74, 6) is -0.0682. The van der Waals surface area contributed by atoms with E-state index in [1.165, 1.54) is 23.3 Å². The van der Waals surface area contributed by atoms with Crippen LogP contribution in [0.5, 0.6) is 0 Å². The first-order chi connectivity index (χ1) is 19.6. The fraction of sp³-hybridized carbons (Fsp3) is 0.226. The van der Waals surface area contributed by atoms with Crippen molar-refractivity contribution in [3.8, 4) is 11.1 Å². The average molecular weight is 595 g/mol. The number of rotatable bonds is 11. The van der Waals surface area contributed by atoms with Crippen LogP contribution in [-0.2, 0) is 10.0 Å². The van der Waals surface area contributed by atoms with Gasteiger partial charge in [-0.05, 0) is 67.8 Å². The quantitative estimate of drug-likeness (QED) is 0.152. The number of thiophene rings is 1. The highest BCUT2D eigenvalue weighted by molar-refractivity contribution is 7.92. The predicted molar refractivity (Wildman–Crippen MR) is 169 cm³/mol. The van der Waals surface area contributed by atoms with Gasteiger partial charge in [0.2, 0.25) is 10.0 Å². The van der Waals surface area contributed by atoms with E-state index in [1.807, 2.05) is 6.08 Å². The van der Waals surface area contributed by atoms with Crippen molar-refractivity contribution < 1.29 is 17.6 Å². The molecule has 0 aliphatic rings. The van der Waals surface area contributed by atoms with Crippen LogP contribution in [0.25, 0.3) is 22.0 Å². The van der Waals surface area contributed by atoms with Gasteiger partial charge in [0.05, 0.1) is 11.3 Å². The topological polar surface area (TPSA) is 104 Å². The van der Waals surface area contributed by atoms with Gasteiger partial charge in [0, 0.05) is 22.0 Å². The molecule has 1 unspecified atom stereocenters. The Bertz CT molecular complexity index is 1620. The maximum Gasteiger partial charge on any atom is 0.257 e. The Morgan fingerprint density at radius 1 is 1.20 bits per heavy atom. The summed E-state index contributed by atoms with van der Waals surface area (Å²) in [6, 6.07) is 11.4. The van der Waals surface area contributed by atoms with Crippen molar-refractivity contribution in [3.63, 3.8) is 0 Å². The standard InChI is InChI=1S/C22H19FN4O3S2.C9H16/c1-2-3-12-32(29,30)27-16-6-4-14(5-7-16)17-8-9-18-20(19(17)23)25-26-21(18)24-22(28)15-10-11-31-13-15;1-5-6-7-9(4)8(2)3/h2-11,13,27H,12H2,1H3,(H2,24,25,26,28);5,9H,1-2,6-7H2,3-4H3/b3-2-;. The SMILES string of the molecule is C/C=C\CS(=O)(=O)Nc1ccc(-c2ccc3c(NC(=O)c4ccsc4)n[nH]c3c2F)cc1.C=CCCC(C)C(=C)C. The number of nitrogens with one attached hydrogen (secondary N) is 3. The van der Waals surface area contributed by atoms with Crippen LogP contribution in [-0.4, -0.2) is 30.3 Å². The van der Waals surface area contributed by atoms with Gasteiger partial charge in [-0.15, -0.1) is 6.58 Å². The van der Waals surface area contributed by atoms with E-state index in [-0.39, 0.29) is 23.0 Å². The number of hydrogen-bond donors (Lipinski definition) is 3. The van der Waals surface area contributed by atoms with E-state index in [4.69, 9.17) is 0 Å². The molecule has 41 heavy (non-hydrogen) atoms. The molecule has 0 radical (unpaired) electrons. The van der Waals surface area contributed by atoms with Crippen molar-refractivity contribution in [1.82, 2.24) is 10.2 Å². The van der Waals surface area contributed by atoms with Crippen LogP contribution in [0.15, 0.2) is 90.2 Å². The molecule has 2 aromatic heterocycles. The zero-order valence-electron chi connectivity index (χ0n) is 23.4.